The van der Waals surface area contributed by atoms with Crippen molar-refractivity contribution in [2.24, 2.45) is 0 Å². The lowest BCUT2D eigenvalue weighted by Crippen LogP contribution is -2.23. The summed E-state index contributed by atoms with van der Waals surface area (Å²) in [6.07, 6.45) is 0. The van der Waals surface area contributed by atoms with E-state index in [1.807, 2.05) is 19.1 Å². The Hall–Kier alpha value is -2.82. The number of carbonyl (C=O) groups is 2. The third-order valence-electron chi connectivity index (χ3n) is 3.49. The van der Waals surface area contributed by atoms with E-state index in [0.29, 0.717) is 24.3 Å². The summed E-state index contributed by atoms with van der Waals surface area (Å²) >= 11 is 0. The molecule has 0 saturated carbocycles. The summed E-state index contributed by atoms with van der Waals surface area (Å²) in [5.74, 6) is 0.557. The standard InChI is InChI=1S/C19H22N2O3/c1-4-24-17-11-9-15(10-12-17)18(22)20-13-14-5-7-16(8-6-14)19(23)21(2)3/h5-12H,4,13H2,1-3H3,(H,20,22). The fraction of sp³-hybridized carbons (Fsp3) is 0.263. The predicted octanol–water partition coefficient (Wildman–Crippen LogP) is 2.72. The van der Waals surface area contributed by atoms with E-state index in [-0.39, 0.29) is 11.8 Å². The van der Waals surface area contributed by atoms with Crippen molar-refractivity contribution in [1.82, 2.24) is 10.2 Å². The molecular weight excluding hydrogens is 304 g/mol. The van der Waals surface area contributed by atoms with E-state index in [0.717, 1.165) is 11.3 Å². The molecule has 0 saturated heterocycles. The van der Waals surface area contributed by atoms with Crippen molar-refractivity contribution < 1.29 is 14.3 Å². The molecule has 2 aromatic rings. The third kappa shape index (κ3) is 4.59. The highest BCUT2D eigenvalue weighted by atomic mass is 16.5. The van der Waals surface area contributed by atoms with Gasteiger partial charge in [0.1, 0.15) is 5.75 Å². The first-order chi connectivity index (χ1) is 11.5. The van der Waals surface area contributed by atoms with E-state index < -0.39 is 0 Å². The first kappa shape index (κ1) is 17.5. The molecule has 0 atom stereocenters. The first-order valence-corrected chi connectivity index (χ1v) is 7.83. The summed E-state index contributed by atoms with van der Waals surface area (Å²) in [5, 5.41) is 2.86. The van der Waals surface area contributed by atoms with Crippen LogP contribution in [0.3, 0.4) is 0 Å². The van der Waals surface area contributed by atoms with Crippen LogP contribution >= 0.6 is 0 Å². The molecule has 0 spiro atoms. The highest BCUT2D eigenvalue weighted by Crippen LogP contribution is 2.12. The zero-order valence-corrected chi connectivity index (χ0v) is 14.2. The molecule has 0 aromatic heterocycles. The third-order valence-corrected chi connectivity index (χ3v) is 3.49. The number of rotatable bonds is 6. The number of hydrogen-bond donors (Lipinski definition) is 1. The van der Waals surface area contributed by atoms with Crippen molar-refractivity contribution in [3.05, 3.63) is 65.2 Å². The van der Waals surface area contributed by atoms with Crippen molar-refractivity contribution in [2.45, 2.75) is 13.5 Å². The Morgan fingerprint density at radius 3 is 2.08 bits per heavy atom. The summed E-state index contributed by atoms with van der Waals surface area (Å²) in [4.78, 5) is 25.5. The number of ether oxygens (including phenoxy) is 1. The predicted molar refractivity (Wildman–Crippen MR) is 93.2 cm³/mol. The second-order valence-electron chi connectivity index (χ2n) is 5.54. The van der Waals surface area contributed by atoms with Crippen LogP contribution in [0.25, 0.3) is 0 Å². The normalized spacial score (nSPS) is 10.1. The quantitative estimate of drug-likeness (QED) is 0.888. The van der Waals surface area contributed by atoms with Gasteiger partial charge in [-0.2, -0.15) is 0 Å². The van der Waals surface area contributed by atoms with Crippen LogP contribution in [0.1, 0.15) is 33.2 Å². The lowest BCUT2D eigenvalue weighted by Gasteiger charge is -2.11. The molecule has 0 aliphatic carbocycles. The SMILES string of the molecule is CCOc1ccc(C(=O)NCc2ccc(C(=O)N(C)C)cc2)cc1. The zero-order valence-electron chi connectivity index (χ0n) is 14.2. The average Bonchev–Trinajstić information content (AvgIpc) is 2.60. The van der Waals surface area contributed by atoms with Crippen LogP contribution in [0.4, 0.5) is 0 Å². The van der Waals surface area contributed by atoms with Gasteiger partial charge in [-0.3, -0.25) is 9.59 Å². The minimum absolute atomic E-state index is 0.0417. The fourth-order valence-electron chi connectivity index (χ4n) is 2.18. The largest absolute Gasteiger partial charge is 0.494 e. The molecule has 0 radical (unpaired) electrons. The molecule has 5 heteroatoms. The van der Waals surface area contributed by atoms with E-state index in [1.165, 1.54) is 4.90 Å². The summed E-state index contributed by atoms with van der Waals surface area (Å²) in [7, 11) is 3.43. The lowest BCUT2D eigenvalue weighted by atomic mass is 10.1. The number of nitrogens with zero attached hydrogens (tertiary/aromatic N) is 1. The van der Waals surface area contributed by atoms with Gasteiger partial charge in [-0.25, -0.2) is 0 Å². The van der Waals surface area contributed by atoms with Gasteiger partial charge in [-0.15, -0.1) is 0 Å². The van der Waals surface area contributed by atoms with Crippen LogP contribution in [0, 0.1) is 0 Å². The molecule has 24 heavy (non-hydrogen) atoms. The molecule has 0 heterocycles. The second kappa shape index (κ2) is 8.15. The molecule has 0 unspecified atom stereocenters. The number of amides is 2. The van der Waals surface area contributed by atoms with Gasteiger partial charge in [0.25, 0.3) is 11.8 Å². The Morgan fingerprint density at radius 1 is 0.958 bits per heavy atom. The summed E-state index contributed by atoms with van der Waals surface area (Å²) in [5.41, 5.74) is 2.14. The Balaban J connectivity index is 1.92. The smallest absolute Gasteiger partial charge is 0.253 e. The van der Waals surface area contributed by atoms with Gasteiger partial charge in [0.05, 0.1) is 6.61 Å². The van der Waals surface area contributed by atoms with Gasteiger partial charge in [-0.05, 0) is 48.9 Å². The summed E-state index contributed by atoms with van der Waals surface area (Å²) in [6.45, 7) is 2.92. The van der Waals surface area contributed by atoms with Crippen LogP contribution < -0.4 is 10.1 Å². The van der Waals surface area contributed by atoms with Gasteiger partial charge < -0.3 is 15.0 Å². The van der Waals surface area contributed by atoms with Gasteiger partial charge >= 0.3 is 0 Å². The first-order valence-electron chi connectivity index (χ1n) is 7.83. The van der Waals surface area contributed by atoms with Crippen molar-refractivity contribution >= 4 is 11.8 Å². The molecule has 2 aromatic carbocycles. The minimum Gasteiger partial charge on any atom is -0.494 e. The van der Waals surface area contributed by atoms with Gasteiger partial charge in [0, 0.05) is 31.8 Å². The van der Waals surface area contributed by atoms with Crippen molar-refractivity contribution in [2.75, 3.05) is 20.7 Å². The molecule has 0 bridgehead atoms. The maximum absolute atomic E-state index is 12.1. The monoisotopic (exact) mass is 326 g/mol. The highest BCUT2D eigenvalue weighted by molar-refractivity contribution is 5.94. The highest BCUT2D eigenvalue weighted by Gasteiger charge is 2.08. The van der Waals surface area contributed by atoms with Crippen LogP contribution in [0.15, 0.2) is 48.5 Å². The Bertz CT molecular complexity index is 692. The Morgan fingerprint density at radius 2 is 1.54 bits per heavy atom. The van der Waals surface area contributed by atoms with E-state index in [4.69, 9.17) is 4.74 Å². The summed E-state index contributed by atoms with van der Waals surface area (Å²) in [6, 6.07) is 14.2. The van der Waals surface area contributed by atoms with Crippen molar-refractivity contribution in [3.8, 4) is 5.75 Å². The molecule has 0 aliphatic heterocycles. The molecule has 2 amide bonds. The van der Waals surface area contributed by atoms with Crippen molar-refractivity contribution in [3.63, 3.8) is 0 Å². The van der Waals surface area contributed by atoms with Crippen LogP contribution in [-0.2, 0) is 6.54 Å². The maximum Gasteiger partial charge on any atom is 0.253 e. The zero-order chi connectivity index (χ0) is 17.5. The number of nitrogens with one attached hydrogen (secondary N) is 1. The number of carbonyl (C=O) groups excluding carboxylic acids is 2. The van der Waals surface area contributed by atoms with E-state index >= 15 is 0 Å². The molecule has 0 fully saturated rings. The lowest BCUT2D eigenvalue weighted by molar-refractivity contribution is 0.0827. The van der Waals surface area contributed by atoms with E-state index in [2.05, 4.69) is 5.32 Å². The molecule has 1 N–H and O–H groups in total. The van der Waals surface area contributed by atoms with E-state index in [9.17, 15) is 9.59 Å². The molecule has 5 nitrogen and oxygen atoms in total. The average molecular weight is 326 g/mol. The molecular formula is C19H22N2O3. The van der Waals surface area contributed by atoms with Crippen LogP contribution in [0.5, 0.6) is 5.75 Å². The van der Waals surface area contributed by atoms with Crippen LogP contribution in [-0.4, -0.2) is 37.4 Å². The van der Waals surface area contributed by atoms with Gasteiger partial charge in [0.2, 0.25) is 0 Å². The Kier molecular flexibility index (Phi) is 5.95. The van der Waals surface area contributed by atoms with E-state index in [1.54, 1.807) is 50.5 Å². The summed E-state index contributed by atoms with van der Waals surface area (Å²) < 4.78 is 5.35. The Labute approximate surface area is 142 Å². The van der Waals surface area contributed by atoms with Gasteiger partial charge in [0.15, 0.2) is 0 Å². The molecule has 2 rings (SSSR count). The van der Waals surface area contributed by atoms with Crippen molar-refractivity contribution in [1.29, 1.82) is 0 Å². The second-order valence-corrected chi connectivity index (χ2v) is 5.54. The topological polar surface area (TPSA) is 58.6 Å². The molecule has 126 valence electrons. The molecule has 0 aliphatic rings. The van der Waals surface area contributed by atoms with Crippen LogP contribution in [0.2, 0.25) is 0 Å². The minimum atomic E-state index is -0.147. The number of hydrogen-bond acceptors (Lipinski definition) is 3. The van der Waals surface area contributed by atoms with Gasteiger partial charge in [-0.1, -0.05) is 12.1 Å². The fourth-order valence-corrected chi connectivity index (χ4v) is 2.18. The number of benzene rings is 2. The maximum atomic E-state index is 12.1.